The zero-order chi connectivity index (χ0) is 29.6. The van der Waals surface area contributed by atoms with Gasteiger partial charge < -0.3 is 29.7 Å². The Morgan fingerprint density at radius 3 is 2.32 bits per heavy atom. The lowest BCUT2D eigenvalue weighted by molar-refractivity contribution is -0.253. The van der Waals surface area contributed by atoms with E-state index in [1.807, 2.05) is 57.2 Å². The molecule has 0 radical (unpaired) electrons. The number of carbonyl (C=O) groups excluding carboxylic acids is 2. The zero-order valence-corrected chi connectivity index (χ0v) is 23.9. The first-order valence-electron chi connectivity index (χ1n) is 14.1. The van der Waals surface area contributed by atoms with E-state index in [1.54, 1.807) is 12.1 Å². The SMILES string of the molecule is CC(C)(C)OC(=O)[C@@H]1CCCN1C[C@@H]1C[C@H](c2ccc(CO)cc2)O[C@H](c2ccc(NC(=O)CCC(=O)O)cc2)O1. The van der Waals surface area contributed by atoms with Gasteiger partial charge in [0.15, 0.2) is 6.29 Å². The van der Waals surface area contributed by atoms with Gasteiger partial charge in [0.2, 0.25) is 5.91 Å². The minimum Gasteiger partial charge on any atom is -0.481 e. The molecule has 2 saturated heterocycles. The summed E-state index contributed by atoms with van der Waals surface area (Å²) in [5, 5.41) is 21.0. The van der Waals surface area contributed by atoms with E-state index in [-0.39, 0.29) is 49.6 Å². The average molecular weight is 569 g/mol. The molecule has 0 spiro atoms. The van der Waals surface area contributed by atoms with Crippen molar-refractivity contribution >= 4 is 23.5 Å². The van der Waals surface area contributed by atoms with Gasteiger partial charge in [0.05, 0.1) is 25.2 Å². The summed E-state index contributed by atoms with van der Waals surface area (Å²) in [7, 11) is 0. The molecule has 4 rings (SSSR count). The number of amides is 1. The number of carboxylic acids is 1. The third-order valence-corrected chi connectivity index (χ3v) is 7.13. The summed E-state index contributed by atoms with van der Waals surface area (Å²) in [5.74, 6) is -1.61. The lowest BCUT2D eigenvalue weighted by Gasteiger charge is -2.38. The van der Waals surface area contributed by atoms with E-state index in [9.17, 15) is 19.5 Å². The van der Waals surface area contributed by atoms with Gasteiger partial charge in [0.1, 0.15) is 11.6 Å². The van der Waals surface area contributed by atoms with Crippen LogP contribution in [0.4, 0.5) is 5.69 Å². The van der Waals surface area contributed by atoms with Crippen LogP contribution in [0, 0.1) is 0 Å². The molecule has 4 atom stereocenters. The van der Waals surface area contributed by atoms with E-state index in [4.69, 9.17) is 19.3 Å². The molecule has 0 unspecified atom stereocenters. The summed E-state index contributed by atoms with van der Waals surface area (Å²) in [6.07, 6.45) is 0.710. The molecule has 1 amide bonds. The van der Waals surface area contributed by atoms with Crippen LogP contribution in [0.5, 0.6) is 0 Å². The number of aliphatic hydroxyl groups excluding tert-OH is 1. The molecule has 0 aliphatic carbocycles. The van der Waals surface area contributed by atoms with Crippen LogP contribution in [0.2, 0.25) is 0 Å². The summed E-state index contributed by atoms with van der Waals surface area (Å²) in [6, 6.07) is 14.4. The van der Waals surface area contributed by atoms with Crippen molar-refractivity contribution in [1.82, 2.24) is 4.90 Å². The Labute approximate surface area is 240 Å². The van der Waals surface area contributed by atoms with Crippen LogP contribution in [-0.2, 0) is 35.2 Å². The van der Waals surface area contributed by atoms with Crippen molar-refractivity contribution in [3.8, 4) is 0 Å². The smallest absolute Gasteiger partial charge is 0.323 e. The van der Waals surface area contributed by atoms with Gasteiger partial charge in [0, 0.05) is 30.6 Å². The van der Waals surface area contributed by atoms with Gasteiger partial charge in [-0.3, -0.25) is 19.3 Å². The summed E-state index contributed by atoms with van der Waals surface area (Å²) in [4.78, 5) is 37.8. The second-order valence-corrected chi connectivity index (χ2v) is 11.6. The first-order valence-corrected chi connectivity index (χ1v) is 14.1. The molecule has 0 aromatic heterocycles. The van der Waals surface area contributed by atoms with Crippen molar-refractivity contribution in [2.24, 2.45) is 0 Å². The molecule has 2 aliphatic heterocycles. The van der Waals surface area contributed by atoms with E-state index in [2.05, 4.69) is 10.2 Å². The van der Waals surface area contributed by atoms with E-state index in [0.29, 0.717) is 18.7 Å². The van der Waals surface area contributed by atoms with E-state index < -0.39 is 17.9 Å². The highest BCUT2D eigenvalue weighted by atomic mass is 16.7. The molecule has 2 fully saturated rings. The Morgan fingerprint density at radius 2 is 1.68 bits per heavy atom. The van der Waals surface area contributed by atoms with Crippen molar-refractivity contribution in [3.63, 3.8) is 0 Å². The molecule has 0 bridgehead atoms. The summed E-state index contributed by atoms with van der Waals surface area (Å²) in [6.45, 7) is 6.90. The molecule has 10 heteroatoms. The maximum Gasteiger partial charge on any atom is 0.323 e. The quantitative estimate of drug-likeness (QED) is 0.358. The molecular formula is C31H40N2O8. The van der Waals surface area contributed by atoms with Crippen molar-refractivity contribution in [3.05, 3.63) is 65.2 Å². The van der Waals surface area contributed by atoms with Gasteiger partial charge in [-0.2, -0.15) is 0 Å². The Kier molecular flexibility index (Phi) is 10.1. The first-order chi connectivity index (χ1) is 19.5. The van der Waals surface area contributed by atoms with E-state index >= 15 is 0 Å². The van der Waals surface area contributed by atoms with Crippen molar-refractivity contribution in [2.75, 3.05) is 18.4 Å². The fourth-order valence-electron chi connectivity index (χ4n) is 5.14. The number of ether oxygens (including phenoxy) is 3. The van der Waals surface area contributed by atoms with Gasteiger partial charge in [-0.05, 0) is 63.4 Å². The van der Waals surface area contributed by atoms with E-state index in [1.165, 1.54) is 0 Å². The number of anilines is 1. The minimum absolute atomic E-state index is 0.0413. The number of nitrogens with zero attached hydrogens (tertiary/aromatic N) is 1. The molecule has 2 aromatic carbocycles. The molecular weight excluding hydrogens is 528 g/mol. The highest BCUT2D eigenvalue weighted by Gasteiger charge is 2.38. The Balaban J connectivity index is 1.49. The number of likely N-dealkylation sites (tertiary alicyclic amines) is 1. The molecule has 2 aliphatic rings. The van der Waals surface area contributed by atoms with Crippen molar-refractivity contribution in [1.29, 1.82) is 0 Å². The van der Waals surface area contributed by atoms with Crippen LogP contribution in [0.15, 0.2) is 48.5 Å². The third kappa shape index (κ3) is 8.84. The van der Waals surface area contributed by atoms with Crippen LogP contribution >= 0.6 is 0 Å². The number of carboxylic acid groups (broad SMARTS) is 1. The number of aliphatic hydroxyl groups is 1. The number of hydrogen-bond donors (Lipinski definition) is 3. The number of benzene rings is 2. The lowest BCUT2D eigenvalue weighted by atomic mass is 9.99. The van der Waals surface area contributed by atoms with Crippen LogP contribution < -0.4 is 5.32 Å². The predicted octanol–water partition coefficient (Wildman–Crippen LogP) is 4.33. The van der Waals surface area contributed by atoms with Gasteiger partial charge >= 0.3 is 11.9 Å². The second kappa shape index (κ2) is 13.6. The highest BCUT2D eigenvalue weighted by molar-refractivity contribution is 5.92. The summed E-state index contributed by atoms with van der Waals surface area (Å²) >= 11 is 0. The second-order valence-electron chi connectivity index (χ2n) is 11.6. The maximum absolute atomic E-state index is 12.9. The molecule has 222 valence electrons. The normalized spacial score (nSPS) is 23.2. The fraction of sp³-hybridized carbons (Fsp3) is 0.516. The molecule has 41 heavy (non-hydrogen) atoms. The van der Waals surface area contributed by atoms with Crippen LogP contribution in [0.3, 0.4) is 0 Å². The highest BCUT2D eigenvalue weighted by Crippen LogP contribution is 2.39. The third-order valence-electron chi connectivity index (χ3n) is 7.13. The molecule has 0 saturated carbocycles. The number of aliphatic carboxylic acids is 1. The van der Waals surface area contributed by atoms with Gasteiger partial charge in [-0.15, -0.1) is 0 Å². The largest absolute Gasteiger partial charge is 0.481 e. The van der Waals surface area contributed by atoms with Crippen LogP contribution in [0.1, 0.15) is 82.0 Å². The average Bonchev–Trinajstić information content (AvgIpc) is 3.39. The van der Waals surface area contributed by atoms with Crippen molar-refractivity contribution in [2.45, 2.75) is 89.6 Å². The molecule has 10 nitrogen and oxygen atoms in total. The molecule has 2 heterocycles. The summed E-state index contributed by atoms with van der Waals surface area (Å²) < 4.78 is 18.5. The Hall–Kier alpha value is -3.31. The van der Waals surface area contributed by atoms with Gasteiger partial charge in [-0.25, -0.2) is 0 Å². The van der Waals surface area contributed by atoms with Gasteiger partial charge in [0.25, 0.3) is 0 Å². The Bertz CT molecular complexity index is 1190. The summed E-state index contributed by atoms with van der Waals surface area (Å²) in [5.41, 5.74) is 2.53. The van der Waals surface area contributed by atoms with E-state index in [0.717, 1.165) is 36.1 Å². The molecule has 2 aromatic rings. The number of rotatable bonds is 10. The maximum atomic E-state index is 12.9. The standard InChI is InChI=1S/C31H40N2O8/c1-31(2,3)41-29(38)25-5-4-16-33(25)18-24-17-26(21-8-6-20(19-34)7-9-21)40-30(39-24)22-10-12-23(13-11-22)32-27(35)14-15-28(36)37/h6-13,24-26,30,34H,4-5,14-19H2,1-3H3,(H,32,35)(H,36,37)/t24-,25-,26+,30+/m0/s1. The number of esters is 1. The lowest BCUT2D eigenvalue weighted by Crippen LogP contribution is -2.45. The zero-order valence-electron chi connectivity index (χ0n) is 23.9. The van der Waals surface area contributed by atoms with Gasteiger partial charge in [-0.1, -0.05) is 36.4 Å². The van der Waals surface area contributed by atoms with Crippen LogP contribution in [0.25, 0.3) is 0 Å². The number of hydrogen-bond acceptors (Lipinski definition) is 8. The monoisotopic (exact) mass is 568 g/mol. The topological polar surface area (TPSA) is 135 Å². The first kappa shape index (κ1) is 30.6. The van der Waals surface area contributed by atoms with Crippen molar-refractivity contribution < 1.29 is 38.8 Å². The number of carbonyl (C=O) groups is 3. The Morgan fingerprint density at radius 1 is 1.00 bits per heavy atom. The minimum atomic E-state index is -1.02. The fourth-order valence-corrected chi connectivity index (χ4v) is 5.14. The van der Waals surface area contributed by atoms with Crippen LogP contribution in [-0.4, -0.2) is 63.8 Å². The molecule has 3 N–H and O–H groups in total. The number of nitrogens with one attached hydrogen (secondary N) is 1. The predicted molar refractivity (Wildman–Crippen MR) is 151 cm³/mol.